The van der Waals surface area contributed by atoms with Gasteiger partial charge in [-0.05, 0) is 67.1 Å². The number of piperidine rings is 1. The first kappa shape index (κ1) is 22.1. The summed E-state index contributed by atoms with van der Waals surface area (Å²) < 4.78 is 0. The molecule has 3 aromatic rings. The van der Waals surface area contributed by atoms with Crippen molar-refractivity contribution in [2.45, 2.75) is 25.7 Å². The molecule has 0 unspecified atom stereocenters. The molecule has 2 amide bonds. The molecule has 6 heteroatoms. The summed E-state index contributed by atoms with van der Waals surface area (Å²) >= 11 is 0. The fraction of sp³-hybridized carbons (Fsp3) is 0.321. The molecule has 0 atom stereocenters. The number of aryl methyl sites for hydroxylation is 1. The van der Waals surface area contributed by atoms with Crippen molar-refractivity contribution in [2.24, 2.45) is 5.92 Å². The van der Waals surface area contributed by atoms with Crippen LogP contribution in [0.5, 0.6) is 0 Å². The van der Waals surface area contributed by atoms with Crippen LogP contribution in [0, 0.1) is 12.8 Å². The predicted molar refractivity (Wildman–Crippen MR) is 134 cm³/mol. The van der Waals surface area contributed by atoms with Crippen LogP contribution in [0.3, 0.4) is 0 Å². The van der Waals surface area contributed by atoms with Gasteiger partial charge < -0.3 is 15.1 Å². The minimum atomic E-state index is -0.00771. The van der Waals surface area contributed by atoms with E-state index in [4.69, 9.17) is 0 Å². The maximum absolute atomic E-state index is 12.7. The molecule has 1 N–H and O–H groups in total. The molecule has 2 aliphatic heterocycles. The summed E-state index contributed by atoms with van der Waals surface area (Å²) in [6.45, 7) is 5.00. The molecular weight excluding hydrogens is 424 g/mol. The van der Waals surface area contributed by atoms with Crippen LogP contribution in [0.1, 0.15) is 40.2 Å². The first-order valence-electron chi connectivity index (χ1n) is 12.0. The number of hydrogen-bond acceptors (Lipinski definition) is 4. The van der Waals surface area contributed by atoms with E-state index in [0.29, 0.717) is 5.92 Å². The Bertz CT molecular complexity index is 1150. The van der Waals surface area contributed by atoms with E-state index in [0.717, 1.165) is 61.5 Å². The fourth-order valence-corrected chi connectivity index (χ4v) is 4.83. The van der Waals surface area contributed by atoms with Crippen molar-refractivity contribution in [1.82, 2.24) is 9.88 Å². The standard InChI is InChI=1S/C28H30N4O2/c1-20-15-26(17-29-16-20)32-18-24(19-32)27(33)30-25-9-7-21(8-10-25)22-11-13-31(14-12-22)28(34)23-5-3-2-4-6-23/h2-10,15-17,22,24H,11-14,18-19H2,1H3,(H,30,33). The smallest absolute Gasteiger partial charge is 0.253 e. The third-order valence-corrected chi connectivity index (χ3v) is 6.93. The number of pyridine rings is 1. The molecule has 1 aromatic heterocycles. The number of benzene rings is 2. The normalized spacial score (nSPS) is 16.7. The number of anilines is 2. The molecule has 2 saturated heterocycles. The second-order valence-corrected chi connectivity index (χ2v) is 9.37. The van der Waals surface area contributed by atoms with Gasteiger partial charge in [-0.2, -0.15) is 0 Å². The number of likely N-dealkylation sites (tertiary alicyclic amines) is 1. The molecule has 6 nitrogen and oxygen atoms in total. The summed E-state index contributed by atoms with van der Waals surface area (Å²) in [5, 5.41) is 3.06. The lowest BCUT2D eigenvalue weighted by Crippen LogP contribution is -2.52. The Morgan fingerprint density at radius 3 is 2.32 bits per heavy atom. The summed E-state index contributed by atoms with van der Waals surface area (Å²) in [7, 11) is 0. The average Bonchev–Trinajstić information content (AvgIpc) is 2.84. The monoisotopic (exact) mass is 454 g/mol. The van der Waals surface area contributed by atoms with Gasteiger partial charge in [0.05, 0.1) is 17.8 Å². The van der Waals surface area contributed by atoms with Crippen LogP contribution >= 0.6 is 0 Å². The second kappa shape index (κ2) is 9.67. The van der Waals surface area contributed by atoms with Gasteiger partial charge in [0, 0.05) is 43.6 Å². The molecule has 2 aromatic carbocycles. The summed E-state index contributed by atoms with van der Waals surface area (Å²) in [5.74, 6) is 0.613. The van der Waals surface area contributed by atoms with Gasteiger partial charge in [-0.1, -0.05) is 30.3 Å². The zero-order valence-corrected chi connectivity index (χ0v) is 19.5. The van der Waals surface area contributed by atoms with Crippen LogP contribution < -0.4 is 10.2 Å². The molecule has 34 heavy (non-hydrogen) atoms. The summed E-state index contributed by atoms with van der Waals surface area (Å²) in [6, 6.07) is 19.8. The highest BCUT2D eigenvalue weighted by Crippen LogP contribution is 2.30. The van der Waals surface area contributed by atoms with Crippen molar-refractivity contribution in [1.29, 1.82) is 0 Å². The highest BCUT2D eigenvalue weighted by molar-refractivity contribution is 5.95. The zero-order valence-electron chi connectivity index (χ0n) is 19.5. The van der Waals surface area contributed by atoms with Gasteiger partial charge in [0.25, 0.3) is 5.91 Å². The van der Waals surface area contributed by atoms with Gasteiger partial charge in [0.2, 0.25) is 5.91 Å². The quantitative estimate of drug-likeness (QED) is 0.617. The molecule has 5 rings (SSSR count). The van der Waals surface area contributed by atoms with Gasteiger partial charge in [-0.25, -0.2) is 0 Å². The minimum absolute atomic E-state index is 0.00771. The van der Waals surface area contributed by atoms with E-state index >= 15 is 0 Å². The Hall–Kier alpha value is -3.67. The molecule has 3 heterocycles. The Labute approximate surface area is 200 Å². The van der Waals surface area contributed by atoms with Crippen LogP contribution in [-0.2, 0) is 4.79 Å². The van der Waals surface area contributed by atoms with Crippen molar-refractivity contribution in [3.05, 3.63) is 89.7 Å². The van der Waals surface area contributed by atoms with Crippen LogP contribution in [0.25, 0.3) is 0 Å². The molecule has 0 radical (unpaired) electrons. The third kappa shape index (κ3) is 4.81. The van der Waals surface area contributed by atoms with Crippen LogP contribution in [0.15, 0.2) is 73.1 Å². The van der Waals surface area contributed by atoms with Crippen molar-refractivity contribution in [3.8, 4) is 0 Å². The lowest BCUT2D eigenvalue weighted by Gasteiger charge is -2.39. The molecule has 0 spiro atoms. The van der Waals surface area contributed by atoms with E-state index in [1.165, 1.54) is 5.56 Å². The van der Waals surface area contributed by atoms with E-state index in [2.05, 4.69) is 33.4 Å². The van der Waals surface area contributed by atoms with E-state index < -0.39 is 0 Å². The Morgan fingerprint density at radius 2 is 1.65 bits per heavy atom. The fourth-order valence-electron chi connectivity index (χ4n) is 4.83. The number of rotatable bonds is 5. The van der Waals surface area contributed by atoms with E-state index in [9.17, 15) is 9.59 Å². The summed E-state index contributed by atoms with van der Waals surface area (Å²) in [5.41, 5.74) is 5.06. The SMILES string of the molecule is Cc1cncc(N2CC(C(=O)Nc3ccc(C4CCN(C(=O)c5ccccc5)CC4)cc3)C2)c1. The van der Waals surface area contributed by atoms with Crippen LogP contribution in [0.2, 0.25) is 0 Å². The van der Waals surface area contributed by atoms with Crippen molar-refractivity contribution in [3.63, 3.8) is 0 Å². The molecule has 2 aliphatic rings. The second-order valence-electron chi connectivity index (χ2n) is 9.37. The lowest BCUT2D eigenvalue weighted by molar-refractivity contribution is -0.120. The van der Waals surface area contributed by atoms with Crippen LogP contribution in [-0.4, -0.2) is 47.9 Å². The molecular formula is C28H30N4O2. The van der Waals surface area contributed by atoms with Gasteiger partial charge in [0.1, 0.15) is 0 Å². The molecule has 0 saturated carbocycles. The van der Waals surface area contributed by atoms with E-state index in [1.807, 2.05) is 66.7 Å². The number of carbonyl (C=O) groups is 2. The van der Waals surface area contributed by atoms with Gasteiger partial charge in [-0.3, -0.25) is 14.6 Å². The number of amides is 2. The largest absolute Gasteiger partial charge is 0.369 e. The average molecular weight is 455 g/mol. The van der Waals surface area contributed by atoms with Crippen LogP contribution in [0.4, 0.5) is 11.4 Å². The number of hydrogen-bond donors (Lipinski definition) is 1. The lowest BCUT2D eigenvalue weighted by atomic mass is 9.89. The number of nitrogens with zero attached hydrogens (tertiary/aromatic N) is 3. The highest BCUT2D eigenvalue weighted by atomic mass is 16.2. The third-order valence-electron chi connectivity index (χ3n) is 6.93. The highest BCUT2D eigenvalue weighted by Gasteiger charge is 2.33. The van der Waals surface area contributed by atoms with Gasteiger partial charge in [0.15, 0.2) is 0 Å². The Morgan fingerprint density at radius 1 is 0.941 bits per heavy atom. The van der Waals surface area contributed by atoms with E-state index in [1.54, 1.807) is 0 Å². The van der Waals surface area contributed by atoms with E-state index in [-0.39, 0.29) is 17.7 Å². The Balaban J connectivity index is 1.10. The maximum atomic E-state index is 12.7. The molecule has 0 aliphatic carbocycles. The topological polar surface area (TPSA) is 65.5 Å². The molecule has 174 valence electrons. The molecule has 2 fully saturated rings. The summed E-state index contributed by atoms with van der Waals surface area (Å²) in [4.78, 5) is 33.7. The summed E-state index contributed by atoms with van der Waals surface area (Å²) in [6.07, 6.45) is 5.60. The predicted octanol–water partition coefficient (Wildman–Crippen LogP) is 4.48. The van der Waals surface area contributed by atoms with Gasteiger partial charge in [-0.15, -0.1) is 0 Å². The number of carbonyl (C=O) groups excluding carboxylic acids is 2. The number of nitrogens with one attached hydrogen (secondary N) is 1. The van der Waals surface area contributed by atoms with Crippen molar-refractivity contribution < 1.29 is 9.59 Å². The van der Waals surface area contributed by atoms with Crippen molar-refractivity contribution >= 4 is 23.2 Å². The minimum Gasteiger partial charge on any atom is -0.369 e. The maximum Gasteiger partial charge on any atom is 0.253 e. The van der Waals surface area contributed by atoms with Crippen molar-refractivity contribution in [2.75, 3.05) is 36.4 Å². The Kier molecular flexibility index (Phi) is 6.30. The first-order chi connectivity index (χ1) is 16.6. The molecule has 0 bridgehead atoms. The first-order valence-corrected chi connectivity index (χ1v) is 12.0. The van der Waals surface area contributed by atoms with Gasteiger partial charge >= 0.3 is 0 Å². The zero-order chi connectivity index (χ0) is 23.5. The number of aromatic nitrogens is 1.